The van der Waals surface area contributed by atoms with Crippen molar-refractivity contribution in [3.8, 4) is 0 Å². The lowest BCUT2D eigenvalue weighted by Gasteiger charge is -2.38. The highest BCUT2D eigenvalue weighted by molar-refractivity contribution is 6.30. The molecule has 0 saturated carbocycles. The van der Waals surface area contributed by atoms with Crippen LogP contribution in [0.25, 0.3) is 0 Å². The summed E-state index contributed by atoms with van der Waals surface area (Å²) in [6.45, 7) is 5.43. The molecule has 4 heteroatoms. The van der Waals surface area contributed by atoms with E-state index < -0.39 is 11.4 Å². The van der Waals surface area contributed by atoms with Gasteiger partial charge in [-0.3, -0.25) is 4.79 Å². The van der Waals surface area contributed by atoms with Gasteiger partial charge in [0.1, 0.15) is 0 Å². The Morgan fingerprint density at radius 1 is 1.39 bits per heavy atom. The van der Waals surface area contributed by atoms with Gasteiger partial charge in [0.15, 0.2) is 0 Å². The Morgan fingerprint density at radius 3 is 2.50 bits per heavy atom. The lowest BCUT2D eigenvalue weighted by Crippen LogP contribution is -2.42. The Kier molecular flexibility index (Phi) is 3.53. The molecular weight excluding hydrogens is 250 g/mol. The average molecular weight is 268 g/mol. The van der Waals surface area contributed by atoms with E-state index in [1.54, 1.807) is 0 Å². The van der Waals surface area contributed by atoms with E-state index in [4.69, 9.17) is 11.6 Å². The summed E-state index contributed by atoms with van der Waals surface area (Å²) in [6, 6.07) is 5.85. The summed E-state index contributed by atoms with van der Waals surface area (Å²) in [5.74, 6) is -0.685. The molecule has 0 spiro atoms. The van der Waals surface area contributed by atoms with Gasteiger partial charge in [0, 0.05) is 23.8 Å². The van der Waals surface area contributed by atoms with Gasteiger partial charge in [-0.15, -0.1) is 0 Å². The topological polar surface area (TPSA) is 40.5 Å². The second-order valence-electron chi connectivity index (χ2n) is 5.28. The van der Waals surface area contributed by atoms with Crippen LogP contribution in [0.5, 0.6) is 0 Å². The summed E-state index contributed by atoms with van der Waals surface area (Å²) < 4.78 is 0. The number of rotatable bonds is 2. The van der Waals surface area contributed by atoms with E-state index in [0.717, 1.165) is 29.4 Å². The van der Waals surface area contributed by atoms with Crippen LogP contribution in [-0.4, -0.2) is 24.2 Å². The molecule has 0 atom stereocenters. The molecule has 1 aromatic rings. The number of carboxylic acids is 1. The van der Waals surface area contributed by atoms with Gasteiger partial charge in [0.25, 0.3) is 0 Å². The number of aliphatic carboxylic acids is 1. The van der Waals surface area contributed by atoms with Crippen LogP contribution in [0.4, 0.5) is 5.69 Å². The third-order valence-corrected chi connectivity index (χ3v) is 4.12. The van der Waals surface area contributed by atoms with Gasteiger partial charge in [-0.05, 0) is 50.5 Å². The van der Waals surface area contributed by atoms with E-state index in [1.165, 1.54) is 0 Å². The monoisotopic (exact) mass is 267 g/mol. The van der Waals surface area contributed by atoms with Crippen molar-refractivity contribution in [2.24, 2.45) is 5.41 Å². The molecule has 0 aliphatic carbocycles. The summed E-state index contributed by atoms with van der Waals surface area (Å²) in [6.07, 6.45) is 1.37. The summed E-state index contributed by atoms with van der Waals surface area (Å²) in [5.41, 5.74) is 1.73. The maximum atomic E-state index is 11.2. The predicted molar refractivity (Wildman–Crippen MR) is 73.4 cm³/mol. The molecular formula is C14H18ClNO2. The van der Waals surface area contributed by atoms with E-state index in [9.17, 15) is 9.90 Å². The van der Waals surface area contributed by atoms with Crippen LogP contribution in [-0.2, 0) is 4.79 Å². The smallest absolute Gasteiger partial charge is 0.309 e. The van der Waals surface area contributed by atoms with Crippen molar-refractivity contribution in [1.29, 1.82) is 0 Å². The molecule has 1 heterocycles. The zero-order chi connectivity index (χ0) is 13.3. The largest absolute Gasteiger partial charge is 0.481 e. The molecule has 0 amide bonds. The number of piperidine rings is 1. The highest BCUT2D eigenvalue weighted by Gasteiger charge is 2.37. The summed E-state index contributed by atoms with van der Waals surface area (Å²) in [5, 5.41) is 9.95. The standard InChI is InChI=1S/C14H18ClNO2/c1-10-9-11(15)3-4-12(10)16-7-5-14(2,6-8-16)13(17)18/h3-4,9H,5-8H2,1-2H3,(H,17,18). The van der Waals surface area contributed by atoms with E-state index >= 15 is 0 Å². The fraction of sp³-hybridized carbons (Fsp3) is 0.500. The quantitative estimate of drug-likeness (QED) is 0.893. The molecule has 18 heavy (non-hydrogen) atoms. The number of aryl methyl sites for hydroxylation is 1. The fourth-order valence-corrected chi connectivity index (χ4v) is 2.66. The minimum Gasteiger partial charge on any atom is -0.481 e. The molecule has 2 rings (SSSR count). The molecule has 1 aliphatic rings. The maximum absolute atomic E-state index is 11.2. The lowest BCUT2D eigenvalue weighted by molar-refractivity contribution is -0.149. The van der Waals surface area contributed by atoms with Gasteiger partial charge in [-0.1, -0.05) is 11.6 Å². The Hall–Kier alpha value is -1.22. The van der Waals surface area contributed by atoms with Crippen molar-refractivity contribution >= 4 is 23.3 Å². The Balaban J connectivity index is 2.12. The molecule has 1 saturated heterocycles. The van der Waals surface area contributed by atoms with Crippen LogP contribution in [0.2, 0.25) is 5.02 Å². The molecule has 98 valence electrons. The van der Waals surface area contributed by atoms with Crippen molar-refractivity contribution in [3.05, 3.63) is 28.8 Å². The second-order valence-corrected chi connectivity index (χ2v) is 5.72. The van der Waals surface area contributed by atoms with Gasteiger partial charge < -0.3 is 10.0 Å². The number of carboxylic acid groups (broad SMARTS) is 1. The number of hydrogen-bond donors (Lipinski definition) is 1. The maximum Gasteiger partial charge on any atom is 0.309 e. The number of halogens is 1. The minimum atomic E-state index is -0.685. The third kappa shape index (κ3) is 2.46. The van der Waals surface area contributed by atoms with Gasteiger partial charge in [0.2, 0.25) is 0 Å². The normalized spacial score (nSPS) is 18.7. The first-order valence-electron chi connectivity index (χ1n) is 6.17. The molecule has 1 aromatic carbocycles. The third-order valence-electron chi connectivity index (χ3n) is 3.88. The number of carbonyl (C=O) groups is 1. The minimum absolute atomic E-state index is 0.573. The molecule has 3 nitrogen and oxygen atoms in total. The van der Waals surface area contributed by atoms with E-state index in [0.29, 0.717) is 12.8 Å². The second kappa shape index (κ2) is 4.81. The van der Waals surface area contributed by atoms with Crippen LogP contribution in [0, 0.1) is 12.3 Å². The number of nitrogens with zero attached hydrogens (tertiary/aromatic N) is 1. The molecule has 0 unspecified atom stereocenters. The number of hydrogen-bond acceptors (Lipinski definition) is 2. The van der Waals surface area contributed by atoms with Crippen molar-refractivity contribution in [3.63, 3.8) is 0 Å². The summed E-state index contributed by atoms with van der Waals surface area (Å²) >= 11 is 5.95. The zero-order valence-electron chi connectivity index (χ0n) is 10.7. The van der Waals surface area contributed by atoms with Gasteiger partial charge >= 0.3 is 5.97 Å². The van der Waals surface area contributed by atoms with Crippen LogP contribution in [0.1, 0.15) is 25.3 Å². The lowest BCUT2D eigenvalue weighted by atomic mass is 9.80. The van der Waals surface area contributed by atoms with Gasteiger partial charge in [-0.2, -0.15) is 0 Å². The first-order valence-corrected chi connectivity index (χ1v) is 6.55. The molecule has 1 aliphatic heterocycles. The van der Waals surface area contributed by atoms with Crippen LogP contribution in [0.3, 0.4) is 0 Å². The van der Waals surface area contributed by atoms with Gasteiger partial charge in [0.05, 0.1) is 5.41 Å². The van der Waals surface area contributed by atoms with E-state index in [1.807, 2.05) is 32.0 Å². The van der Waals surface area contributed by atoms with Crippen LogP contribution < -0.4 is 4.90 Å². The SMILES string of the molecule is Cc1cc(Cl)ccc1N1CCC(C)(C(=O)O)CC1. The molecule has 1 fully saturated rings. The van der Waals surface area contributed by atoms with Crippen molar-refractivity contribution in [1.82, 2.24) is 0 Å². The highest BCUT2D eigenvalue weighted by Crippen LogP contribution is 2.34. The predicted octanol–water partition coefficient (Wildman–Crippen LogP) is 3.34. The van der Waals surface area contributed by atoms with Crippen molar-refractivity contribution < 1.29 is 9.90 Å². The van der Waals surface area contributed by atoms with Crippen LogP contribution >= 0.6 is 11.6 Å². The van der Waals surface area contributed by atoms with Crippen molar-refractivity contribution in [2.45, 2.75) is 26.7 Å². The first-order chi connectivity index (χ1) is 8.42. The average Bonchev–Trinajstić information content (AvgIpc) is 2.31. The van der Waals surface area contributed by atoms with Crippen LogP contribution in [0.15, 0.2) is 18.2 Å². The Labute approximate surface area is 112 Å². The Bertz CT molecular complexity index is 465. The number of benzene rings is 1. The van der Waals surface area contributed by atoms with E-state index in [2.05, 4.69) is 4.90 Å². The van der Waals surface area contributed by atoms with Gasteiger partial charge in [-0.25, -0.2) is 0 Å². The first kappa shape index (κ1) is 13.2. The fourth-order valence-electron chi connectivity index (χ4n) is 2.43. The molecule has 0 bridgehead atoms. The summed E-state index contributed by atoms with van der Waals surface area (Å²) in [4.78, 5) is 13.4. The van der Waals surface area contributed by atoms with E-state index in [-0.39, 0.29) is 0 Å². The number of anilines is 1. The highest BCUT2D eigenvalue weighted by atomic mass is 35.5. The van der Waals surface area contributed by atoms with Crippen molar-refractivity contribution in [2.75, 3.05) is 18.0 Å². The molecule has 1 N–H and O–H groups in total. The molecule has 0 radical (unpaired) electrons. The molecule has 0 aromatic heterocycles. The zero-order valence-corrected chi connectivity index (χ0v) is 11.5. The summed E-state index contributed by atoms with van der Waals surface area (Å²) in [7, 11) is 0. The Morgan fingerprint density at radius 2 is 2.00 bits per heavy atom.